The van der Waals surface area contributed by atoms with Crippen LogP contribution in [0.2, 0.25) is 0 Å². The standard InChI is InChI=1S/C45H63N7O17/c1-23(17-24(2)34(67-5)18-27-11-9-8-10-12-27)13-14-28-25(3)39(58)50-29(44(63)64)15-16-35(54)48-33(22-53)43(62)46-26(4)40(59)51-31(21-38(57)69-7)42(61)52-32(45(65)66)19-36(55)47-30(41(60)49-28)20-37(56)68-6/h8-14,17,24-26,28-34,53H,15-16,18-22H2,1-7H3,(H,46,62)(H,47,55)(H,48,54)(H,49,60)(H,50,58)(H,51,59)(H,52,61)(H,63,64)(H,65,66)/b14-13+,23-17+/t24-,25-,26+,28?,29+,30?,31-,32?,33?,34-/m0/s1. The number of carbonyl (C=O) groups excluding carboxylic acids is 9. The number of hydrogen-bond acceptors (Lipinski definition) is 15. The maximum Gasteiger partial charge on any atom is 0.326 e. The number of ether oxygens (including phenoxy) is 3. The predicted octanol–water partition coefficient (Wildman–Crippen LogP) is -2.10. The van der Waals surface area contributed by atoms with Crippen molar-refractivity contribution in [1.82, 2.24) is 37.2 Å². The van der Waals surface area contributed by atoms with Gasteiger partial charge in [0.1, 0.15) is 36.3 Å². The number of carbonyl (C=O) groups is 11. The van der Waals surface area contributed by atoms with Crippen LogP contribution in [-0.2, 0) is 73.4 Å². The van der Waals surface area contributed by atoms with Crippen LogP contribution in [0, 0.1) is 11.8 Å². The molecule has 24 heteroatoms. The number of benzene rings is 1. The number of aliphatic hydroxyl groups excluding tert-OH is 1. The second kappa shape index (κ2) is 28.9. The van der Waals surface area contributed by atoms with E-state index in [1.165, 1.54) is 13.0 Å². The van der Waals surface area contributed by atoms with Crippen molar-refractivity contribution in [1.29, 1.82) is 0 Å². The van der Waals surface area contributed by atoms with Crippen molar-refractivity contribution in [3.05, 3.63) is 59.7 Å². The number of carboxylic acid groups (broad SMARTS) is 2. The Morgan fingerprint density at radius 3 is 1.78 bits per heavy atom. The van der Waals surface area contributed by atoms with Crippen molar-refractivity contribution in [2.24, 2.45) is 11.8 Å². The van der Waals surface area contributed by atoms with E-state index in [0.717, 1.165) is 26.7 Å². The lowest BCUT2D eigenvalue weighted by molar-refractivity contribution is -0.146. The molecular weight excluding hydrogens is 911 g/mol. The molecule has 1 fully saturated rings. The van der Waals surface area contributed by atoms with E-state index in [2.05, 4.69) is 36.6 Å². The molecule has 1 aromatic carbocycles. The summed E-state index contributed by atoms with van der Waals surface area (Å²) in [6.45, 7) is 5.11. The molecule has 10 atom stereocenters. The molecule has 1 heterocycles. The van der Waals surface area contributed by atoms with Crippen molar-refractivity contribution < 1.29 is 82.3 Å². The normalized spacial score (nSPS) is 25.3. The number of methoxy groups -OCH3 is 3. The Morgan fingerprint density at radius 2 is 1.23 bits per heavy atom. The SMILES string of the molecule is COC(=O)CC1NC(=O)CC(C(=O)O)NC(=O)[C@H](CC(=O)OC)NC(=O)[C@@H](C)NC(=O)C(CO)NC(=O)CC[C@H](C(=O)O)NC(=O)[C@@H](C)C(/C=C/C(C)=C/[C@H](C)[C@H](Cc2ccccc2)OC)NC1=O. The summed E-state index contributed by atoms with van der Waals surface area (Å²) < 4.78 is 15.1. The third-order valence-corrected chi connectivity index (χ3v) is 10.9. The molecule has 1 aromatic rings. The number of aliphatic carboxylic acids is 2. The molecule has 0 bridgehead atoms. The molecule has 69 heavy (non-hydrogen) atoms. The molecule has 10 N–H and O–H groups in total. The van der Waals surface area contributed by atoms with E-state index >= 15 is 0 Å². The number of rotatable bonds is 14. The summed E-state index contributed by atoms with van der Waals surface area (Å²) >= 11 is 0. The van der Waals surface area contributed by atoms with E-state index < -0.39 is 152 Å². The predicted molar refractivity (Wildman–Crippen MR) is 241 cm³/mol. The number of allylic oxidation sites excluding steroid dienone is 2. The number of nitrogens with one attached hydrogen (secondary N) is 7. The first-order chi connectivity index (χ1) is 32.5. The molecule has 24 nitrogen and oxygen atoms in total. The van der Waals surface area contributed by atoms with Gasteiger partial charge in [-0.2, -0.15) is 0 Å². The Morgan fingerprint density at radius 1 is 0.696 bits per heavy atom. The third-order valence-electron chi connectivity index (χ3n) is 10.9. The lowest BCUT2D eigenvalue weighted by Gasteiger charge is -2.26. The van der Waals surface area contributed by atoms with Crippen LogP contribution < -0.4 is 37.2 Å². The molecule has 0 aromatic heterocycles. The van der Waals surface area contributed by atoms with Crippen LogP contribution in [0.4, 0.5) is 0 Å². The third kappa shape index (κ3) is 19.9. The smallest absolute Gasteiger partial charge is 0.326 e. The zero-order valence-electron chi connectivity index (χ0n) is 39.4. The van der Waals surface area contributed by atoms with Gasteiger partial charge in [-0.1, -0.05) is 68.0 Å². The van der Waals surface area contributed by atoms with E-state index in [9.17, 15) is 68.1 Å². The molecular formula is C45H63N7O17. The molecule has 1 aliphatic heterocycles. The van der Waals surface area contributed by atoms with Gasteiger partial charge in [0.05, 0.1) is 58.2 Å². The van der Waals surface area contributed by atoms with E-state index in [0.29, 0.717) is 12.0 Å². The molecule has 2 rings (SSSR count). The van der Waals surface area contributed by atoms with Crippen LogP contribution in [0.25, 0.3) is 0 Å². The molecule has 0 radical (unpaired) electrons. The number of amides is 7. The molecule has 380 valence electrons. The van der Waals surface area contributed by atoms with Gasteiger partial charge in [-0.3, -0.25) is 43.2 Å². The summed E-state index contributed by atoms with van der Waals surface area (Å²) in [5, 5.41) is 45.7. The molecule has 4 unspecified atom stereocenters. The van der Waals surface area contributed by atoms with Crippen molar-refractivity contribution in [3.8, 4) is 0 Å². The van der Waals surface area contributed by atoms with E-state index in [1.54, 1.807) is 20.1 Å². The van der Waals surface area contributed by atoms with Gasteiger partial charge in [-0.05, 0) is 32.3 Å². The minimum Gasteiger partial charge on any atom is -0.480 e. The van der Waals surface area contributed by atoms with Crippen LogP contribution >= 0.6 is 0 Å². The summed E-state index contributed by atoms with van der Waals surface area (Å²) in [5.41, 5.74) is 1.66. The zero-order chi connectivity index (χ0) is 52.0. The van der Waals surface area contributed by atoms with Crippen LogP contribution in [0.15, 0.2) is 54.1 Å². The minimum atomic E-state index is -2.08. The average Bonchev–Trinajstić information content (AvgIpc) is 3.30. The lowest BCUT2D eigenvalue weighted by atomic mass is 9.94. The fourth-order valence-electron chi connectivity index (χ4n) is 6.73. The largest absolute Gasteiger partial charge is 0.480 e. The minimum absolute atomic E-state index is 0.170. The fraction of sp³-hybridized carbons (Fsp3) is 0.533. The summed E-state index contributed by atoms with van der Waals surface area (Å²) in [7, 11) is 3.53. The summed E-state index contributed by atoms with van der Waals surface area (Å²) in [4.78, 5) is 143. The molecule has 0 spiro atoms. The van der Waals surface area contributed by atoms with Crippen molar-refractivity contribution in [2.45, 2.75) is 115 Å². The quantitative estimate of drug-likeness (QED) is 0.0705. The van der Waals surface area contributed by atoms with Gasteiger partial charge in [0, 0.05) is 19.4 Å². The number of esters is 2. The van der Waals surface area contributed by atoms with Crippen LogP contribution in [0.5, 0.6) is 0 Å². The van der Waals surface area contributed by atoms with E-state index in [-0.39, 0.29) is 12.0 Å². The van der Waals surface area contributed by atoms with Crippen LogP contribution in [0.1, 0.15) is 65.4 Å². The average molecular weight is 974 g/mol. The molecule has 0 saturated carbocycles. The highest BCUT2D eigenvalue weighted by Gasteiger charge is 2.35. The van der Waals surface area contributed by atoms with Gasteiger partial charge in [0.2, 0.25) is 41.4 Å². The monoisotopic (exact) mass is 973 g/mol. The Balaban J connectivity index is 2.67. The molecule has 1 saturated heterocycles. The van der Waals surface area contributed by atoms with Gasteiger partial charge in [-0.15, -0.1) is 0 Å². The highest BCUT2D eigenvalue weighted by Crippen LogP contribution is 2.18. The van der Waals surface area contributed by atoms with E-state index in [4.69, 9.17) is 9.47 Å². The molecule has 0 aliphatic carbocycles. The topological polar surface area (TPSA) is 360 Å². The highest BCUT2D eigenvalue weighted by molar-refractivity contribution is 5.98. The Kier molecular flexibility index (Phi) is 24.2. The number of aliphatic hydroxyl groups is 1. The maximum absolute atomic E-state index is 14.0. The van der Waals surface area contributed by atoms with Crippen LogP contribution in [0.3, 0.4) is 0 Å². The molecule has 1 aliphatic rings. The van der Waals surface area contributed by atoms with Crippen LogP contribution in [-0.4, -0.2) is 157 Å². The van der Waals surface area contributed by atoms with Gasteiger partial charge in [0.25, 0.3) is 0 Å². The second-order valence-corrected chi connectivity index (χ2v) is 16.2. The van der Waals surface area contributed by atoms with Crippen molar-refractivity contribution in [3.63, 3.8) is 0 Å². The first kappa shape index (κ1) is 57.9. The zero-order valence-corrected chi connectivity index (χ0v) is 39.4. The fourth-order valence-corrected chi connectivity index (χ4v) is 6.73. The van der Waals surface area contributed by atoms with Gasteiger partial charge in [-0.25, -0.2) is 9.59 Å². The first-order valence-electron chi connectivity index (χ1n) is 21.8. The summed E-state index contributed by atoms with van der Waals surface area (Å²) in [6, 6.07) is -2.40. The second-order valence-electron chi connectivity index (χ2n) is 16.2. The van der Waals surface area contributed by atoms with Gasteiger partial charge in [0.15, 0.2) is 0 Å². The number of carboxylic acids is 2. The Hall–Kier alpha value is -7.21. The van der Waals surface area contributed by atoms with Crippen molar-refractivity contribution in [2.75, 3.05) is 27.9 Å². The number of hydrogen-bond donors (Lipinski definition) is 10. The Bertz CT molecular complexity index is 2080. The Labute approximate surface area is 398 Å². The summed E-state index contributed by atoms with van der Waals surface area (Å²) in [6.07, 6.45) is 1.23. The lowest BCUT2D eigenvalue weighted by Crippen LogP contribution is -2.58. The summed E-state index contributed by atoms with van der Waals surface area (Å²) in [5.74, 6) is -14.6. The van der Waals surface area contributed by atoms with Gasteiger partial charge < -0.3 is 66.7 Å². The molecule has 7 amide bonds. The van der Waals surface area contributed by atoms with E-state index in [1.807, 2.05) is 48.6 Å². The highest BCUT2D eigenvalue weighted by atomic mass is 16.5. The first-order valence-corrected chi connectivity index (χ1v) is 21.8. The maximum atomic E-state index is 14.0. The van der Waals surface area contributed by atoms with Gasteiger partial charge >= 0.3 is 23.9 Å². The van der Waals surface area contributed by atoms with Crippen molar-refractivity contribution >= 4 is 65.2 Å².